The number of aromatic hydroxyl groups is 1. The summed E-state index contributed by atoms with van der Waals surface area (Å²) in [5, 5.41) is 82.1. The molecule has 0 spiro atoms. The van der Waals surface area contributed by atoms with Crippen LogP contribution in [0.25, 0.3) is 22.3 Å². The number of benzene rings is 2. The van der Waals surface area contributed by atoms with Crippen LogP contribution in [0.1, 0.15) is 38.5 Å². The van der Waals surface area contributed by atoms with Crippen molar-refractivity contribution in [3.05, 3.63) is 46.6 Å². The number of aliphatic carboxylic acids is 1. The Morgan fingerprint density at radius 3 is 2.56 bits per heavy atom. The van der Waals surface area contributed by atoms with Crippen molar-refractivity contribution in [3.8, 4) is 34.3 Å². The number of nitrogens with one attached hydrogen (secondary N) is 2. The number of carboxylic acids is 1. The van der Waals surface area contributed by atoms with Crippen LogP contribution < -0.4 is 30.3 Å². The van der Waals surface area contributed by atoms with Gasteiger partial charge in [-0.1, -0.05) is 0 Å². The first-order valence-corrected chi connectivity index (χ1v) is 16.4. The van der Waals surface area contributed by atoms with Crippen LogP contribution in [0.4, 0.5) is 0 Å². The summed E-state index contributed by atoms with van der Waals surface area (Å²) in [5.74, 6) is -4.73. The zero-order chi connectivity index (χ0) is 35.8. The van der Waals surface area contributed by atoms with Crippen molar-refractivity contribution in [2.45, 2.75) is 80.6 Å². The molecule has 1 aliphatic carbocycles. The van der Waals surface area contributed by atoms with Gasteiger partial charge in [-0.3, -0.25) is 4.79 Å². The second-order valence-electron chi connectivity index (χ2n) is 13.2. The molecule has 2 saturated heterocycles. The maximum atomic E-state index is 13.5. The van der Waals surface area contributed by atoms with Gasteiger partial charge in [-0.25, -0.2) is 4.79 Å². The SMILES string of the molecule is COc1ccc(-c2cc(=O)c3c(O)c(O[C@@]4(O)CCC[C@H](CCO)C4)c(O[C@@H]4O[C@H](C(=O)O)[C@](O)(C[C@@H]5CNCN5)[C@@H](O)[C@H]4O)cc3o2)cc1. The van der Waals surface area contributed by atoms with Crippen molar-refractivity contribution in [2.24, 2.45) is 5.92 Å². The predicted molar refractivity (Wildman–Crippen MR) is 174 cm³/mol. The first-order valence-electron chi connectivity index (χ1n) is 16.4. The summed E-state index contributed by atoms with van der Waals surface area (Å²) in [7, 11) is 1.50. The van der Waals surface area contributed by atoms with Gasteiger partial charge in [-0.05, 0) is 55.9 Å². The maximum Gasteiger partial charge on any atom is 0.336 e. The molecule has 0 bridgehead atoms. The molecule has 6 rings (SSSR count). The van der Waals surface area contributed by atoms with E-state index < -0.39 is 70.7 Å². The highest BCUT2D eigenvalue weighted by Gasteiger charge is 2.59. The Kier molecular flexibility index (Phi) is 10.3. The van der Waals surface area contributed by atoms with E-state index in [4.69, 9.17) is 23.4 Å². The number of aliphatic hydroxyl groups is 5. The van der Waals surface area contributed by atoms with Crippen molar-refractivity contribution >= 4 is 16.9 Å². The number of fused-ring (bicyclic) bond motifs is 1. The number of ether oxygens (including phenoxy) is 4. The molecule has 3 fully saturated rings. The number of aliphatic hydroxyl groups excluding tert-OH is 3. The summed E-state index contributed by atoms with van der Waals surface area (Å²) < 4.78 is 28.8. The highest BCUT2D eigenvalue weighted by atomic mass is 16.7. The van der Waals surface area contributed by atoms with Gasteiger partial charge in [0.1, 0.15) is 40.3 Å². The lowest BCUT2D eigenvalue weighted by Crippen LogP contribution is -2.70. The molecular weight excluding hydrogens is 660 g/mol. The van der Waals surface area contributed by atoms with E-state index in [1.165, 1.54) is 7.11 Å². The maximum absolute atomic E-state index is 13.5. The molecule has 3 aliphatic rings. The van der Waals surface area contributed by atoms with Gasteiger partial charge >= 0.3 is 5.97 Å². The standard InChI is InChI=1S/C34H42N2O14/c1-46-20-6-4-18(5-7-20)22-11-21(38)25-23(47-22)12-24(28(26(25)39)50-33(44)9-2-3-17(13-33)8-10-37)48-32-27(40)29(41)34(45,30(49-32)31(42)43)14-19-15-35-16-36-19/h4-7,11-12,17,19,27,29-30,32,35-37,39-41,44-45H,2-3,8-10,13-16H2,1H3,(H,42,43)/t17-,19-,27-,29+,30-,32-,33+,34+/m1/s1. The summed E-state index contributed by atoms with van der Waals surface area (Å²) in [5.41, 5.74) is -2.83. The Morgan fingerprint density at radius 2 is 1.90 bits per heavy atom. The van der Waals surface area contributed by atoms with Gasteiger partial charge in [-0.2, -0.15) is 0 Å². The molecule has 2 aliphatic heterocycles. The van der Waals surface area contributed by atoms with Crippen molar-refractivity contribution < 1.29 is 63.9 Å². The highest BCUT2D eigenvalue weighted by molar-refractivity contribution is 5.89. The van der Waals surface area contributed by atoms with Crippen LogP contribution in [0, 0.1) is 5.92 Å². The fourth-order valence-electron chi connectivity index (χ4n) is 7.11. The monoisotopic (exact) mass is 702 g/mol. The predicted octanol–water partition coefficient (Wildman–Crippen LogP) is 0.364. The molecule has 0 unspecified atom stereocenters. The van der Waals surface area contributed by atoms with Gasteiger partial charge in [0.15, 0.2) is 23.0 Å². The molecule has 16 nitrogen and oxygen atoms in total. The van der Waals surface area contributed by atoms with Crippen LogP contribution >= 0.6 is 0 Å². The zero-order valence-electron chi connectivity index (χ0n) is 27.3. The van der Waals surface area contributed by atoms with Crippen LogP contribution in [-0.4, -0.2) is 111 Å². The first kappa shape index (κ1) is 35.8. The van der Waals surface area contributed by atoms with Crippen molar-refractivity contribution in [1.82, 2.24) is 10.6 Å². The Hall–Kier alpha value is -4.00. The minimum Gasteiger partial charge on any atom is -0.504 e. The molecule has 9 N–H and O–H groups in total. The van der Waals surface area contributed by atoms with Gasteiger partial charge in [0.25, 0.3) is 0 Å². The molecule has 0 radical (unpaired) electrons. The molecule has 16 heteroatoms. The molecule has 1 saturated carbocycles. The van der Waals surface area contributed by atoms with Crippen molar-refractivity contribution in [3.63, 3.8) is 0 Å². The summed E-state index contributed by atoms with van der Waals surface area (Å²) in [6.07, 6.45) is -6.64. The van der Waals surface area contributed by atoms with Crippen LogP contribution in [-0.2, 0) is 9.53 Å². The zero-order valence-corrected chi connectivity index (χ0v) is 27.3. The first-order chi connectivity index (χ1) is 23.9. The highest BCUT2D eigenvalue weighted by Crippen LogP contribution is 2.48. The molecule has 1 aromatic heterocycles. The Morgan fingerprint density at radius 1 is 1.14 bits per heavy atom. The molecule has 50 heavy (non-hydrogen) atoms. The minimum absolute atomic E-state index is 0.0644. The lowest BCUT2D eigenvalue weighted by molar-refractivity contribution is -0.307. The Balaban J connectivity index is 1.41. The number of carbonyl (C=O) groups is 1. The van der Waals surface area contributed by atoms with Crippen LogP contribution in [0.2, 0.25) is 0 Å². The number of hydrogen-bond donors (Lipinski definition) is 9. The topological polar surface area (TPSA) is 250 Å². The number of rotatable bonds is 11. The van der Waals surface area contributed by atoms with E-state index in [1.807, 2.05) is 0 Å². The van der Waals surface area contributed by atoms with E-state index in [0.29, 0.717) is 43.8 Å². The summed E-state index contributed by atoms with van der Waals surface area (Å²) in [6, 6.07) is 8.49. The van der Waals surface area contributed by atoms with E-state index in [0.717, 1.165) is 12.1 Å². The summed E-state index contributed by atoms with van der Waals surface area (Å²) >= 11 is 0. The number of carboxylic acid groups (broad SMARTS) is 1. The van der Waals surface area contributed by atoms with E-state index >= 15 is 0 Å². The largest absolute Gasteiger partial charge is 0.504 e. The Labute approximate surface area is 285 Å². The summed E-state index contributed by atoms with van der Waals surface area (Å²) in [6.45, 7) is 0.638. The van der Waals surface area contributed by atoms with Gasteiger partial charge in [0.05, 0.1) is 7.11 Å². The molecule has 2 aromatic carbocycles. The van der Waals surface area contributed by atoms with Crippen LogP contribution in [0.3, 0.4) is 0 Å². The quantitative estimate of drug-likeness (QED) is 0.122. The summed E-state index contributed by atoms with van der Waals surface area (Å²) in [4.78, 5) is 25.9. The number of phenolic OH excluding ortho intramolecular Hbond substituents is 1. The van der Waals surface area contributed by atoms with Crippen LogP contribution in [0.5, 0.6) is 23.0 Å². The fourth-order valence-corrected chi connectivity index (χ4v) is 7.11. The fraction of sp³-hybridized carbons (Fsp3) is 0.529. The van der Waals surface area contributed by atoms with E-state index in [2.05, 4.69) is 10.6 Å². The molecule has 8 atom stereocenters. The number of hydrogen-bond acceptors (Lipinski definition) is 15. The van der Waals surface area contributed by atoms with E-state index in [9.17, 15) is 45.3 Å². The minimum atomic E-state index is -2.45. The Bertz CT molecular complexity index is 1740. The molecule has 3 heterocycles. The third-order valence-corrected chi connectivity index (χ3v) is 9.69. The second-order valence-corrected chi connectivity index (χ2v) is 13.2. The third-order valence-electron chi connectivity index (χ3n) is 9.69. The van der Waals surface area contributed by atoms with Gasteiger partial charge in [-0.15, -0.1) is 0 Å². The number of phenols is 1. The van der Waals surface area contributed by atoms with Crippen molar-refractivity contribution in [2.75, 3.05) is 26.9 Å². The lowest BCUT2D eigenvalue weighted by Gasteiger charge is -2.47. The van der Waals surface area contributed by atoms with Gasteiger partial charge in [0, 0.05) is 56.4 Å². The van der Waals surface area contributed by atoms with Crippen molar-refractivity contribution in [1.29, 1.82) is 0 Å². The third kappa shape index (κ3) is 6.97. The molecule has 0 amide bonds. The van der Waals surface area contributed by atoms with Gasteiger partial charge < -0.3 is 69.7 Å². The average molecular weight is 703 g/mol. The van der Waals surface area contributed by atoms with Gasteiger partial charge in [0.2, 0.25) is 17.8 Å². The number of methoxy groups -OCH3 is 1. The molecule has 3 aromatic rings. The second kappa shape index (κ2) is 14.3. The smallest absolute Gasteiger partial charge is 0.336 e. The average Bonchev–Trinajstić information content (AvgIpc) is 3.59. The van der Waals surface area contributed by atoms with E-state index in [1.54, 1.807) is 24.3 Å². The van der Waals surface area contributed by atoms with E-state index in [-0.39, 0.29) is 48.5 Å². The molecule has 272 valence electrons. The van der Waals surface area contributed by atoms with Crippen LogP contribution in [0.15, 0.2) is 45.6 Å². The normalized spacial score (nSPS) is 31.4. The molecular formula is C34H42N2O14. The lowest BCUT2D eigenvalue weighted by atomic mass is 9.79.